The van der Waals surface area contributed by atoms with E-state index in [1.807, 2.05) is 42.5 Å². The molecule has 0 saturated heterocycles. The standard InChI is InChI=1S/C9H13N.C6H6.BrH/c1-10(2)8-9-6-4-3-5-7-9;1-2-4-6-5-3-1;/h3-7H,8H2,1-2H3;1-6H;1H. The molecular formula is C15H20BrN. The molecule has 1 nitrogen and oxygen atoms in total. The van der Waals surface area contributed by atoms with Crippen molar-refractivity contribution in [3.63, 3.8) is 0 Å². The highest BCUT2D eigenvalue weighted by atomic mass is 79.9. The van der Waals surface area contributed by atoms with Gasteiger partial charge in [-0.2, -0.15) is 0 Å². The summed E-state index contributed by atoms with van der Waals surface area (Å²) in [4.78, 5) is 2.16. The van der Waals surface area contributed by atoms with Gasteiger partial charge in [0.1, 0.15) is 0 Å². The van der Waals surface area contributed by atoms with Crippen molar-refractivity contribution in [2.45, 2.75) is 6.54 Å². The van der Waals surface area contributed by atoms with Crippen molar-refractivity contribution in [1.82, 2.24) is 4.90 Å². The largest absolute Gasteiger partial charge is 0.305 e. The van der Waals surface area contributed by atoms with Gasteiger partial charge in [0, 0.05) is 6.54 Å². The van der Waals surface area contributed by atoms with Gasteiger partial charge in [0.25, 0.3) is 0 Å². The maximum atomic E-state index is 2.16. The third-order valence-electron chi connectivity index (χ3n) is 2.01. The lowest BCUT2D eigenvalue weighted by molar-refractivity contribution is 0.402. The third-order valence-corrected chi connectivity index (χ3v) is 2.01. The van der Waals surface area contributed by atoms with Crippen molar-refractivity contribution in [2.24, 2.45) is 0 Å². The van der Waals surface area contributed by atoms with Crippen LogP contribution in [0.15, 0.2) is 66.7 Å². The van der Waals surface area contributed by atoms with Gasteiger partial charge >= 0.3 is 0 Å². The summed E-state index contributed by atoms with van der Waals surface area (Å²) in [5.74, 6) is 0. The van der Waals surface area contributed by atoms with E-state index in [-0.39, 0.29) is 17.0 Å². The molecule has 2 rings (SSSR count). The van der Waals surface area contributed by atoms with Crippen LogP contribution in [-0.4, -0.2) is 19.0 Å². The van der Waals surface area contributed by atoms with Gasteiger partial charge in [0.15, 0.2) is 0 Å². The summed E-state index contributed by atoms with van der Waals surface area (Å²) in [6.45, 7) is 1.03. The Morgan fingerprint density at radius 2 is 1.06 bits per heavy atom. The highest BCUT2D eigenvalue weighted by Gasteiger charge is 1.90. The highest BCUT2D eigenvalue weighted by molar-refractivity contribution is 8.93. The molecule has 0 aromatic heterocycles. The van der Waals surface area contributed by atoms with Crippen LogP contribution < -0.4 is 0 Å². The van der Waals surface area contributed by atoms with Crippen LogP contribution in [0.3, 0.4) is 0 Å². The van der Waals surface area contributed by atoms with Crippen molar-refractivity contribution in [3.05, 3.63) is 72.3 Å². The van der Waals surface area contributed by atoms with Crippen LogP contribution in [0.4, 0.5) is 0 Å². The maximum Gasteiger partial charge on any atom is 0.0227 e. The van der Waals surface area contributed by atoms with E-state index < -0.39 is 0 Å². The number of halogens is 1. The molecule has 0 saturated carbocycles. The SMILES string of the molecule is Br.CN(C)Cc1ccccc1.c1ccccc1. The molecule has 0 aliphatic rings. The smallest absolute Gasteiger partial charge is 0.0227 e. The minimum Gasteiger partial charge on any atom is -0.305 e. The first-order valence-electron chi connectivity index (χ1n) is 5.47. The molecule has 2 aromatic carbocycles. The summed E-state index contributed by atoms with van der Waals surface area (Å²) >= 11 is 0. The second kappa shape index (κ2) is 10.1. The Morgan fingerprint density at radius 1 is 0.706 bits per heavy atom. The molecule has 0 radical (unpaired) electrons. The minimum atomic E-state index is 0. The lowest BCUT2D eigenvalue weighted by atomic mass is 10.2. The van der Waals surface area contributed by atoms with Crippen LogP contribution in [-0.2, 0) is 6.54 Å². The Hall–Kier alpha value is -1.12. The van der Waals surface area contributed by atoms with Crippen LogP contribution >= 0.6 is 17.0 Å². The van der Waals surface area contributed by atoms with Gasteiger partial charge < -0.3 is 4.90 Å². The molecule has 0 atom stereocenters. The Kier molecular flexibility index (Phi) is 9.40. The molecule has 2 heteroatoms. The first kappa shape index (κ1) is 15.9. The van der Waals surface area contributed by atoms with E-state index in [0.717, 1.165) is 6.54 Å². The fraction of sp³-hybridized carbons (Fsp3) is 0.200. The van der Waals surface area contributed by atoms with Crippen LogP contribution in [0.2, 0.25) is 0 Å². The van der Waals surface area contributed by atoms with Gasteiger partial charge in [0.2, 0.25) is 0 Å². The lowest BCUT2D eigenvalue weighted by Crippen LogP contribution is -2.10. The zero-order chi connectivity index (χ0) is 11.6. The van der Waals surface area contributed by atoms with Crippen LogP contribution in [0.5, 0.6) is 0 Å². The molecule has 0 aliphatic heterocycles. The van der Waals surface area contributed by atoms with E-state index in [4.69, 9.17) is 0 Å². The fourth-order valence-electron chi connectivity index (χ4n) is 1.33. The second-order valence-electron chi connectivity index (χ2n) is 3.88. The summed E-state index contributed by atoms with van der Waals surface area (Å²) in [7, 11) is 4.15. The molecule has 2 aromatic rings. The number of hydrogen-bond donors (Lipinski definition) is 0. The first-order chi connectivity index (χ1) is 7.79. The first-order valence-corrected chi connectivity index (χ1v) is 5.47. The molecular weight excluding hydrogens is 274 g/mol. The molecule has 0 spiro atoms. The predicted octanol–water partition coefficient (Wildman–Crippen LogP) is 4.01. The van der Waals surface area contributed by atoms with Crippen molar-refractivity contribution in [1.29, 1.82) is 0 Å². The average Bonchev–Trinajstić information content (AvgIpc) is 2.32. The monoisotopic (exact) mass is 293 g/mol. The minimum absolute atomic E-state index is 0. The van der Waals surface area contributed by atoms with E-state index in [1.165, 1.54) is 5.56 Å². The highest BCUT2D eigenvalue weighted by Crippen LogP contribution is 1.99. The van der Waals surface area contributed by atoms with Crippen LogP contribution in [0.1, 0.15) is 5.56 Å². The maximum absolute atomic E-state index is 2.16. The summed E-state index contributed by atoms with van der Waals surface area (Å²) in [5.41, 5.74) is 1.37. The van der Waals surface area contributed by atoms with E-state index >= 15 is 0 Å². The normalized spacial score (nSPS) is 8.88. The Balaban J connectivity index is 0.000000316. The number of hydrogen-bond acceptors (Lipinski definition) is 1. The third kappa shape index (κ3) is 8.66. The van der Waals surface area contributed by atoms with Gasteiger partial charge in [0.05, 0.1) is 0 Å². The summed E-state index contributed by atoms with van der Waals surface area (Å²) in [6.07, 6.45) is 0. The average molecular weight is 294 g/mol. The quantitative estimate of drug-likeness (QED) is 0.809. The van der Waals surface area contributed by atoms with Crippen molar-refractivity contribution >= 4 is 17.0 Å². The second-order valence-corrected chi connectivity index (χ2v) is 3.88. The Labute approximate surface area is 115 Å². The van der Waals surface area contributed by atoms with Crippen molar-refractivity contribution in [2.75, 3.05) is 14.1 Å². The molecule has 0 amide bonds. The molecule has 0 bridgehead atoms. The van der Waals surface area contributed by atoms with Crippen LogP contribution in [0.25, 0.3) is 0 Å². The molecule has 0 aliphatic carbocycles. The van der Waals surface area contributed by atoms with Gasteiger partial charge in [-0.3, -0.25) is 0 Å². The van der Waals surface area contributed by atoms with Crippen molar-refractivity contribution < 1.29 is 0 Å². The predicted molar refractivity (Wildman–Crippen MR) is 80.6 cm³/mol. The van der Waals surface area contributed by atoms with E-state index in [2.05, 4.69) is 43.3 Å². The molecule has 0 heterocycles. The zero-order valence-electron chi connectivity index (χ0n) is 10.4. The van der Waals surface area contributed by atoms with Crippen molar-refractivity contribution in [3.8, 4) is 0 Å². The lowest BCUT2D eigenvalue weighted by Gasteiger charge is -2.08. The van der Waals surface area contributed by atoms with Gasteiger partial charge in [-0.1, -0.05) is 66.7 Å². The molecule has 0 N–H and O–H groups in total. The number of rotatable bonds is 2. The van der Waals surface area contributed by atoms with Gasteiger partial charge in [-0.25, -0.2) is 0 Å². The summed E-state index contributed by atoms with van der Waals surface area (Å²) < 4.78 is 0. The zero-order valence-corrected chi connectivity index (χ0v) is 12.1. The van der Waals surface area contributed by atoms with E-state index in [9.17, 15) is 0 Å². The van der Waals surface area contributed by atoms with E-state index in [0.29, 0.717) is 0 Å². The molecule has 0 fully saturated rings. The summed E-state index contributed by atoms with van der Waals surface area (Å²) in [5, 5.41) is 0. The molecule has 17 heavy (non-hydrogen) atoms. The van der Waals surface area contributed by atoms with E-state index in [1.54, 1.807) is 0 Å². The summed E-state index contributed by atoms with van der Waals surface area (Å²) in [6, 6.07) is 22.5. The Morgan fingerprint density at radius 3 is 1.41 bits per heavy atom. The van der Waals surface area contributed by atoms with Crippen LogP contribution in [0, 0.1) is 0 Å². The van der Waals surface area contributed by atoms with Gasteiger partial charge in [-0.15, -0.1) is 17.0 Å². The molecule has 92 valence electrons. The number of benzene rings is 2. The number of nitrogens with zero attached hydrogens (tertiary/aromatic N) is 1. The Bertz CT molecular complexity index is 332. The fourth-order valence-corrected chi connectivity index (χ4v) is 1.33. The molecule has 0 unspecified atom stereocenters. The van der Waals surface area contributed by atoms with Gasteiger partial charge in [-0.05, 0) is 19.7 Å². The topological polar surface area (TPSA) is 3.24 Å².